The van der Waals surface area contributed by atoms with Gasteiger partial charge in [-0.2, -0.15) is 0 Å². The van der Waals surface area contributed by atoms with E-state index in [0.717, 1.165) is 23.6 Å². The van der Waals surface area contributed by atoms with Gasteiger partial charge in [-0.05, 0) is 49.6 Å². The fourth-order valence-electron chi connectivity index (χ4n) is 3.11. The molecule has 0 aliphatic carbocycles. The van der Waals surface area contributed by atoms with Gasteiger partial charge >= 0.3 is 0 Å². The van der Waals surface area contributed by atoms with Crippen molar-refractivity contribution >= 4 is 0 Å². The Morgan fingerprint density at radius 1 is 1.00 bits per heavy atom. The normalized spacial score (nSPS) is 16.6. The van der Waals surface area contributed by atoms with Crippen molar-refractivity contribution in [2.75, 3.05) is 19.8 Å². The van der Waals surface area contributed by atoms with Crippen LogP contribution in [0.3, 0.4) is 0 Å². The van der Waals surface area contributed by atoms with E-state index in [2.05, 4.69) is 5.32 Å². The number of benzene rings is 2. The quantitative estimate of drug-likeness (QED) is 0.897. The van der Waals surface area contributed by atoms with E-state index >= 15 is 0 Å². The van der Waals surface area contributed by atoms with Crippen LogP contribution in [-0.2, 0) is 6.42 Å². The topological polar surface area (TPSA) is 30.5 Å². The van der Waals surface area contributed by atoms with Gasteiger partial charge in [0, 0.05) is 18.2 Å². The van der Waals surface area contributed by atoms with Crippen LogP contribution < -0.4 is 14.8 Å². The summed E-state index contributed by atoms with van der Waals surface area (Å²) in [5.41, 5.74) is 2.47. The Kier molecular flexibility index (Phi) is 5.00. The Morgan fingerprint density at radius 3 is 2.38 bits per heavy atom. The molecule has 1 aliphatic heterocycles. The maximum Gasteiger partial charge on any atom is 0.161 e. The van der Waals surface area contributed by atoms with Gasteiger partial charge in [-0.25, -0.2) is 8.78 Å². The summed E-state index contributed by atoms with van der Waals surface area (Å²) >= 11 is 0. The molecular weight excluding hydrogens is 312 g/mol. The minimum Gasteiger partial charge on any atom is -0.490 e. The van der Waals surface area contributed by atoms with Gasteiger partial charge in [0.05, 0.1) is 19.3 Å². The first-order valence-electron chi connectivity index (χ1n) is 8.24. The molecule has 0 fully saturated rings. The number of halogens is 2. The molecule has 2 aromatic rings. The van der Waals surface area contributed by atoms with Crippen LogP contribution in [0.5, 0.6) is 11.5 Å². The third-order valence-corrected chi connectivity index (χ3v) is 4.13. The number of fused-ring (bicyclic) bond motifs is 1. The predicted molar refractivity (Wildman–Crippen MR) is 88.7 cm³/mol. The molecule has 0 saturated carbocycles. The minimum atomic E-state index is -0.575. The summed E-state index contributed by atoms with van der Waals surface area (Å²) in [6.45, 7) is 5.61. The summed E-state index contributed by atoms with van der Waals surface area (Å²) in [7, 11) is 0. The van der Waals surface area contributed by atoms with Crippen LogP contribution in [-0.4, -0.2) is 19.8 Å². The highest BCUT2D eigenvalue weighted by Gasteiger charge is 2.26. The Hall–Kier alpha value is -2.14. The third kappa shape index (κ3) is 3.22. The van der Waals surface area contributed by atoms with Crippen LogP contribution in [0, 0.1) is 11.6 Å². The van der Waals surface area contributed by atoms with E-state index in [1.807, 2.05) is 26.0 Å². The van der Waals surface area contributed by atoms with E-state index in [4.69, 9.17) is 9.47 Å². The summed E-state index contributed by atoms with van der Waals surface area (Å²) in [6, 6.07) is 7.25. The van der Waals surface area contributed by atoms with Crippen LogP contribution in [0.15, 0.2) is 30.3 Å². The molecule has 0 saturated heterocycles. The smallest absolute Gasteiger partial charge is 0.161 e. The van der Waals surface area contributed by atoms with E-state index in [1.54, 1.807) is 0 Å². The maximum absolute atomic E-state index is 14.2. The molecule has 0 radical (unpaired) electrons. The average Bonchev–Trinajstić information content (AvgIpc) is 2.56. The van der Waals surface area contributed by atoms with Crippen molar-refractivity contribution in [2.24, 2.45) is 0 Å². The molecule has 1 atom stereocenters. The van der Waals surface area contributed by atoms with Gasteiger partial charge in [0.15, 0.2) is 11.5 Å². The molecule has 3 rings (SSSR count). The Labute approximate surface area is 140 Å². The van der Waals surface area contributed by atoms with Gasteiger partial charge in [0.1, 0.15) is 11.6 Å². The Balaban J connectivity index is 2.07. The van der Waals surface area contributed by atoms with Gasteiger partial charge in [-0.3, -0.25) is 0 Å². The van der Waals surface area contributed by atoms with E-state index in [-0.39, 0.29) is 6.04 Å². The second-order valence-electron chi connectivity index (χ2n) is 5.67. The van der Waals surface area contributed by atoms with E-state index < -0.39 is 11.6 Å². The van der Waals surface area contributed by atoms with Gasteiger partial charge in [-0.15, -0.1) is 0 Å². The number of hydrogen-bond acceptors (Lipinski definition) is 3. The first kappa shape index (κ1) is 16.7. The van der Waals surface area contributed by atoms with Gasteiger partial charge < -0.3 is 14.8 Å². The number of nitrogens with one attached hydrogen (secondary N) is 1. The lowest BCUT2D eigenvalue weighted by atomic mass is 9.89. The second kappa shape index (κ2) is 7.18. The number of ether oxygens (including phenoxy) is 2. The Bertz CT molecular complexity index is 734. The average molecular weight is 333 g/mol. The van der Waals surface area contributed by atoms with E-state index in [9.17, 15) is 8.78 Å². The molecule has 1 heterocycles. The summed E-state index contributed by atoms with van der Waals surface area (Å²) in [5, 5.41) is 3.31. The summed E-state index contributed by atoms with van der Waals surface area (Å²) < 4.78 is 38.8. The predicted octanol–water partition coefficient (Wildman–Crippen LogP) is 4.00. The van der Waals surface area contributed by atoms with Crippen LogP contribution in [0.25, 0.3) is 0 Å². The standard InChI is InChI=1S/C19H21F2NO2/c1-3-23-17-9-12-7-8-22-19(15(12)11-18(17)24-4-2)14-6-5-13(20)10-16(14)21/h5-6,9-11,19,22H,3-4,7-8H2,1-2H3/t19-/m0/s1. The molecule has 0 spiro atoms. The van der Waals surface area contributed by atoms with Crippen LogP contribution in [0.2, 0.25) is 0 Å². The molecule has 3 nitrogen and oxygen atoms in total. The van der Waals surface area contributed by atoms with Crippen molar-refractivity contribution in [3.63, 3.8) is 0 Å². The van der Waals surface area contributed by atoms with E-state index in [1.165, 1.54) is 12.1 Å². The van der Waals surface area contributed by atoms with Crippen molar-refractivity contribution in [2.45, 2.75) is 26.3 Å². The molecule has 1 aliphatic rings. The lowest BCUT2D eigenvalue weighted by molar-refractivity contribution is 0.286. The van der Waals surface area contributed by atoms with Crippen molar-refractivity contribution < 1.29 is 18.3 Å². The number of rotatable bonds is 5. The highest BCUT2D eigenvalue weighted by Crippen LogP contribution is 2.38. The molecule has 2 aromatic carbocycles. The first-order chi connectivity index (χ1) is 11.6. The Morgan fingerprint density at radius 2 is 1.71 bits per heavy atom. The molecule has 1 N–H and O–H groups in total. The van der Waals surface area contributed by atoms with Crippen molar-refractivity contribution in [3.8, 4) is 11.5 Å². The maximum atomic E-state index is 14.2. The van der Waals surface area contributed by atoms with Gasteiger partial charge in [0.2, 0.25) is 0 Å². The molecule has 0 unspecified atom stereocenters. The fourth-order valence-corrected chi connectivity index (χ4v) is 3.11. The molecular formula is C19H21F2NO2. The third-order valence-electron chi connectivity index (χ3n) is 4.13. The van der Waals surface area contributed by atoms with Gasteiger partial charge in [0.25, 0.3) is 0 Å². The van der Waals surface area contributed by atoms with Gasteiger partial charge in [-0.1, -0.05) is 6.07 Å². The lowest BCUT2D eigenvalue weighted by Crippen LogP contribution is -2.31. The van der Waals surface area contributed by atoms with Crippen LogP contribution >= 0.6 is 0 Å². The highest BCUT2D eigenvalue weighted by molar-refractivity contribution is 5.51. The second-order valence-corrected chi connectivity index (χ2v) is 5.67. The first-order valence-corrected chi connectivity index (χ1v) is 8.24. The molecule has 5 heteroatoms. The molecule has 128 valence electrons. The SMILES string of the molecule is CCOc1cc2c(cc1OCC)[C@H](c1ccc(F)cc1F)NCC2. The largest absolute Gasteiger partial charge is 0.490 e. The molecule has 0 amide bonds. The molecule has 0 bridgehead atoms. The zero-order valence-electron chi connectivity index (χ0n) is 13.9. The van der Waals surface area contributed by atoms with Crippen molar-refractivity contribution in [1.82, 2.24) is 5.32 Å². The summed E-state index contributed by atoms with van der Waals surface area (Å²) in [6.07, 6.45) is 0.821. The van der Waals surface area contributed by atoms with Crippen LogP contribution in [0.4, 0.5) is 8.78 Å². The van der Waals surface area contributed by atoms with Crippen LogP contribution in [0.1, 0.15) is 36.6 Å². The molecule has 0 aromatic heterocycles. The zero-order chi connectivity index (χ0) is 17.1. The zero-order valence-corrected chi connectivity index (χ0v) is 13.9. The van der Waals surface area contributed by atoms with Crippen molar-refractivity contribution in [3.05, 3.63) is 58.7 Å². The summed E-state index contributed by atoms with van der Waals surface area (Å²) in [5.74, 6) is 0.230. The monoisotopic (exact) mass is 333 g/mol. The highest BCUT2D eigenvalue weighted by atomic mass is 19.1. The summed E-state index contributed by atoms with van der Waals surface area (Å²) in [4.78, 5) is 0. The lowest BCUT2D eigenvalue weighted by Gasteiger charge is -2.29. The minimum absolute atomic E-state index is 0.329. The van der Waals surface area contributed by atoms with Crippen molar-refractivity contribution in [1.29, 1.82) is 0 Å². The van der Waals surface area contributed by atoms with E-state index in [0.29, 0.717) is 36.8 Å². The number of hydrogen-bond donors (Lipinski definition) is 1. The fraction of sp³-hybridized carbons (Fsp3) is 0.368. The molecule has 24 heavy (non-hydrogen) atoms.